The fourth-order valence-electron chi connectivity index (χ4n) is 1.51. The van der Waals surface area contributed by atoms with Crippen LogP contribution in [0.3, 0.4) is 0 Å². The van der Waals surface area contributed by atoms with E-state index >= 15 is 0 Å². The predicted molar refractivity (Wildman–Crippen MR) is 109 cm³/mol. The highest BCUT2D eigenvalue weighted by Crippen LogP contribution is 2.11. The second kappa shape index (κ2) is 19.0. The minimum atomic E-state index is -0.931. The highest BCUT2D eigenvalue weighted by molar-refractivity contribution is 5.88. The van der Waals surface area contributed by atoms with Gasteiger partial charge in [-0.25, -0.2) is 4.79 Å². The van der Waals surface area contributed by atoms with Gasteiger partial charge in [-0.15, -0.1) is 0 Å². The third kappa shape index (κ3) is 16.3. The smallest absolute Gasteiger partial charge is 0.335 e. The van der Waals surface area contributed by atoms with E-state index in [0.29, 0.717) is 5.70 Å². The number of carboxylic acids is 1. The van der Waals surface area contributed by atoms with Gasteiger partial charge in [-0.05, 0) is 36.3 Å². The molecule has 0 aliphatic heterocycles. The molecule has 0 atom stereocenters. The molecule has 0 bridgehead atoms. The first-order chi connectivity index (χ1) is 11.4. The van der Waals surface area contributed by atoms with Gasteiger partial charge in [0.2, 0.25) is 0 Å². The van der Waals surface area contributed by atoms with Crippen molar-refractivity contribution < 1.29 is 9.90 Å². The van der Waals surface area contributed by atoms with Crippen LogP contribution in [0.25, 0.3) is 0 Å². The van der Waals surface area contributed by atoms with Crippen molar-refractivity contribution in [3.05, 3.63) is 54.8 Å². The maximum Gasteiger partial charge on any atom is 0.335 e. The van der Waals surface area contributed by atoms with Crippen molar-refractivity contribution in [2.24, 2.45) is 5.92 Å². The molecule has 0 heterocycles. The first kappa shape index (κ1) is 26.8. The predicted octanol–water partition coefficient (Wildman–Crippen LogP) is 6.99. The molecule has 0 radical (unpaired) electrons. The van der Waals surface area contributed by atoms with Crippen molar-refractivity contribution in [3.63, 3.8) is 0 Å². The highest BCUT2D eigenvalue weighted by atomic mass is 16.4. The number of carbonyl (C=O) groups is 1. The average Bonchev–Trinajstić information content (AvgIpc) is 2.59. The normalized spacial score (nSPS) is 8.33. The highest BCUT2D eigenvalue weighted by Gasteiger charge is 2.00. The zero-order valence-electron chi connectivity index (χ0n) is 16.6. The van der Waals surface area contributed by atoms with Gasteiger partial charge in [0.25, 0.3) is 0 Å². The van der Waals surface area contributed by atoms with Crippen LogP contribution in [0.1, 0.15) is 71.7 Å². The van der Waals surface area contributed by atoms with Crippen LogP contribution in [-0.2, 0) is 0 Å². The molecule has 2 N–H and O–H groups in total. The lowest BCUT2D eigenvalue weighted by Crippen LogP contribution is -1.98. The van der Waals surface area contributed by atoms with Gasteiger partial charge in [-0.1, -0.05) is 74.5 Å². The minimum Gasteiger partial charge on any atom is -0.478 e. The molecule has 0 aromatic heterocycles. The average molecular weight is 336 g/mol. The van der Waals surface area contributed by atoms with Gasteiger partial charge < -0.3 is 10.4 Å². The maximum atomic E-state index is 10.5. The molecule has 1 aromatic carbocycles. The molecule has 0 amide bonds. The summed E-state index contributed by atoms with van der Waals surface area (Å²) in [6.07, 6.45) is 4.29. The van der Waals surface area contributed by atoms with E-state index in [1.54, 1.807) is 18.2 Å². The van der Waals surface area contributed by atoms with Gasteiger partial charge in [0.15, 0.2) is 0 Å². The minimum absolute atomic E-state index is 0.264. The Morgan fingerprint density at radius 3 is 1.88 bits per heavy atom. The Balaban J connectivity index is -0.000000371. The topological polar surface area (TPSA) is 49.3 Å². The van der Waals surface area contributed by atoms with Crippen LogP contribution in [-0.4, -0.2) is 11.1 Å². The maximum absolute atomic E-state index is 10.5. The zero-order chi connectivity index (χ0) is 19.5. The molecule has 0 fully saturated rings. The first-order valence-electron chi connectivity index (χ1n) is 8.82. The summed E-state index contributed by atoms with van der Waals surface area (Å²) >= 11 is 0. The summed E-state index contributed by atoms with van der Waals surface area (Å²) in [7, 11) is 0. The van der Waals surface area contributed by atoms with Crippen LogP contribution in [0.15, 0.2) is 49.2 Å². The number of rotatable bonds is 6. The van der Waals surface area contributed by atoms with E-state index in [0.717, 1.165) is 11.6 Å². The molecule has 24 heavy (non-hydrogen) atoms. The Hall–Kier alpha value is -2.03. The van der Waals surface area contributed by atoms with E-state index in [1.807, 2.05) is 27.7 Å². The lowest BCUT2D eigenvalue weighted by atomic mass is 10.1. The van der Waals surface area contributed by atoms with E-state index in [2.05, 4.69) is 39.2 Å². The summed E-state index contributed by atoms with van der Waals surface area (Å²) in [5, 5.41) is 11.6. The van der Waals surface area contributed by atoms with Crippen LogP contribution >= 0.6 is 0 Å². The molecule has 0 aliphatic rings. The molecule has 0 aliphatic carbocycles. The Morgan fingerprint density at radius 1 is 1.17 bits per heavy atom. The van der Waals surface area contributed by atoms with Gasteiger partial charge in [0.1, 0.15) is 0 Å². The van der Waals surface area contributed by atoms with Gasteiger partial charge in [-0.2, -0.15) is 0 Å². The molecule has 0 saturated heterocycles. The molecule has 1 rings (SSSR count). The third-order valence-corrected chi connectivity index (χ3v) is 2.55. The van der Waals surface area contributed by atoms with Gasteiger partial charge >= 0.3 is 5.97 Å². The molecule has 1 aromatic rings. The first-order valence-corrected chi connectivity index (χ1v) is 8.82. The number of nitrogens with one attached hydrogen (secondary N) is 1. The van der Waals surface area contributed by atoms with E-state index in [4.69, 9.17) is 5.11 Å². The third-order valence-electron chi connectivity index (χ3n) is 2.55. The van der Waals surface area contributed by atoms with Crippen molar-refractivity contribution in [1.82, 2.24) is 0 Å². The van der Waals surface area contributed by atoms with E-state index in [9.17, 15) is 4.79 Å². The van der Waals surface area contributed by atoms with Crippen LogP contribution in [0.5, 0.6) is 0 Å². The molecule has 138 valence electrons. The SMILES string of the molecule is C=CC(=C)Nc1ccc(C(=O)O)cc1.CC.CC.CCCC(C)C. The molecule has 0 saturated carbocycles. The molecule has 0 unspecified atom stereocenters. The number of benzene rings is 1. The second-order valence-corrected chi connectivity index (χ2v) is 4.92. The number of anilines is 1. The lowest BCUT2D eigenvalue weighted by Gasteiger charge is -2.05. The van der Waals surface area contributed by atoms with Gasteiger partial charge in [-0.3, -0.25) is 0 Å². The van der Waals surface area contributed by atoms with Crippen LogP contribution in [0.2, 0.25) is 0 Å². The second-order valence-electron chi connectivity index (χ2n) is 4.92. The number of carboxylic acid groups (broad SMARTS) is 1. The molecular formula is C21H37NO2. The van der Waals surface area contributed by atoms with E-state index < -0.39 is 5.97 Å². The summed E-state index contributed by atoms with van der Waals surface area (Å²) in [6, 6.07) is 6.42. The van der Waals surface area contributed by atoms with Crippen LogP contribution in [0.4, 0.5) is 5.69 Å². The van der Waals surface area contributed by atoms with Gasteiger partial charge in [0, 0.05) is 11.4 Å². The molecule has 0 spiro atoms. The van der Waals surface area contributed by atoms with Crippen molar-refractivity contribution in [2.75, 3.05) is 5.32 Å². The summed E-state index contributed by atoms with van der Waals surface area (Å²) in [5.41, 5.74) is 1.73. The summed E-state index contributed by atoms with van der Waals surface area (Å²) < 4.78 is 0. The van der Waals surface area contributed by atoms with Crippen LogP contribution < -0.4 is 5.32 Å². The summed E-state index contributed by atoms with van der Waals surface area (Å²) in [5.74, 6) is -0.0332. The van der Waals surface area contributed by atoms with Gasteiger partial charge in [0.05, 0.1) is 5.56 Å². The van der Waals surface area contributed by atoms with Crippen molar-refractivity contribution >= 4 is 11.7 Å². The number of hydrogen-bond donors (Lipinski definition) is 2. The van der Waals surface area contributed by atoms with Crippen molar-refractivity contribution in [1.29, 1.82) is 0 Å². The zero-order valence-corrected chi connectivity index (χ0v) is 16.6. The fourth-order valence-corrected chi connectivity index (χ4v) is 1.51. The Morgan fingerprint density at radius 2 is 1.62 bits per heavy atom. The van der Waals surface area contributed by atoms with E-state index in [-0.39, 0.29) is 5.56 Å². The molecular weight excluding hydrogens is 298 g/mol. The largest absolute Gasteiger partial charge is 0.478 e. The Bertz CT molecular complexity index is 434. The van der Waals surface area contributed by atoms with Crippen molar-refractivity contribution in [2.45, 2.75) is 61.3 Å². The number of allylic oxidation sites excluding steroid dienone is 1. The Labute approximate surface area is 149 Å². The number of hydrogen-bond acceptors (Lipinski definition) is 2. The quantitative estimate of drug-likeness (QED) is 0.551. The fraction of sp³-hybridized carbons (Fsp3) is 0.476. The lowest BCUT2D eigenvalue weighted by molar-refractivity contribution is 0.0697. The Kier molecular flexibility index (Phi) is 21.3. The van der Waals surface area contributed by atoms with Crippen molar-refractivity contribution in [3.8, 4) is 0 Å². The number of aromatic carboxylic acids is 1. The van der Waals surface area contributed by atoms with E-state index in [1.165, 1.54) is 25.0 Å². The molecule has 3 heteroatoms. The standard InChI is InChI=1S/C11H11NO2.C6H14.2C2H6/c1-3-8(2)12-10-6-4-9(5-7-10)11(13)14;1-4-5-6(2)3;2*1-2/h3-7,12H,1-2H2,(H,13,14);6H,4-5H2,1-3H3;2*1-2H3. The summed E-state index contributed by atoms with van der Waals surface area (Å²) in [4.78, 5) is 10.5. The molecule has 3 nitrogen and oxygen atoms in total. The monoisotopic (exact) mass is 335 g/mol. The summed E-state index contributed by atoms with van der Waals surface area (Å²) in [6.45, 7) is 22.0. The van der Waals surface area contributed by atoms with Crippen LogP contribution in [0, 0.1) is 5.92 Å².